The lowest BCUT2D eigenvalue weighted by Crippen LogP contribution is -2.62. The van der Waals surface area contributed by atoms with Gasteiger partial charge in [0.15, 0.2) is 11.5 Å². The molecule has 2 aromatic heterocycles. The molecule has 0 atom stereocenters. The van der Waals surface area contributed by atoms with E-state index in [0.717, 1.165) is 23.1 Å². The van der Waals surface area contributed by atoms with Crippen LogP contribution in [0, 0.1) is 0 Å². The highest BCUT2D eigenvalue weighted by molar-refractivity contribution is 9.10. The third-order valence-corrected chi connectivity index (χ3v) is 5.31. The molecule has 1 N–H and O–H groups in total. The first kappa shape index (κ1) is 19.9. The molecular formula is C19H27BrN6O. The minimum atomic E-state index is 0.0657. The molecule has 3 heterocycles. The zero-order valence-corrected chi connectivity index (χ0v) is 18.3. The third kappa shape index (κ3) is 4.55. The molecular weight excluding hydrogens is 408 g/mol. The van der Waals surface area contributed by atoms with Crippen molar-refractivity contribution in [3.05, 3.63) is 22.9 Å². The van der Waals surface area contributed by atoms with Gasteiger partial charge < -0.3 is 15.0 Å². The van der Waals surface area contributed by atoms with Crippen LogP contribution in [0.3, 0.4) is 0 Å². The van der Waals surface area contributed by atoms with Gasteiger partial charge in [0.25, 0.3) is 0 Å². The van der Waals surface area contributed by atoms with Gasteiger partial charge in [-0.25, -0.2) is 9.97 Å². The van der Waals surface area contributed by atoms with Crippen molar-refractivity contribution < 1.29 is 4.74 Å². The van der Waals surface area contributed by atoms with Crippen molar-refractivity contribution in [1.82, 2.24) is 25.5 Å². The van der Waals surface area contributed by atoms with Crippen LogP contribution in [0.5, 0.6) is 5.75 Å². The number of hydrogen-bond acceptors (Lipinski definition) is 7. The van der Waals surface area contributed by atoms with E-state index in [1.807, 2.05) is 6.07 Å². The Bertz CT molecular complexity index is 792. The minimum Gasteiger partial charge on any atom is -0.494 e. The predicted molar refractivity (Wildman–Crippen MR) is 110 cm³/mol. The molecule has 0 unspecified atom stereocenters. The van der Waals surface area contributed by atoms with Gasteiger partial charge in [-0.1, -0.05) is 0 Å². The van der Waals surface area contributed by atoms with Gasteiger partial charge in [0.05, 0.1) is 13.3 Å². The number of nitrogens with one attached hydrogen (secondary N) is 1. The number of rotatable bonds is 4. The van der Waals surface area contributed by atoms with Crippen molar-refractivity contribution in [2.75, 3.05) is 19.1 Å². The van der Waals surface area contributed by atoms with Crippen LogP contribution in [0.25, 0.3) is 11.5 Å². The first-order valence-electron chi connectivity index (χ1n) is 9.02. The normalized spacial score (nSPS) is 18.9. The molecule has 1 saturated heterocycles. The second kappa shape index (κ2) is 7.31. The Labute approximate surface area is 169 Å². The summed E-state index contributed by atoms with van der Waals surface area (Å²) in [4.78, 5) is 11.0. The van der Waals surface area contributed by atoms with Crippen molar-refractivity contribution in [3.63, 3.8) is 0 Å². The fourth-order valence-electron chi connectivity index (χ4n) is 4.01. The highest BCUT2D eigenvalue weighted by Crippen LogP contribution is 2.33. The zero-order valence-electron chi connectivity index (χ0n) is 16.7. The van der Waals surface area contributed by atoms with Gasteiger partial charge in [0.2, 0.25) is 5.82 Å². The molecule has 7 nitrogen and oxygen atoms in total. The molecule has 1 aliphatic heterocycles. The van der Waals surface area contributed by atoms with E-state index in [4.69, 9.17) is 4.74 Å². The van der Waals surface area contributed by atoms with E-state index in [1.165, 1.54) is 0 Å². The van der Waals surface area contributed by atoms with Crippen LogP contribution < -0.4 is 15.0 Å². The van der Waals surface area contributed by atoms with Crippen molar-refractivity contribution >= 4 is 21.7 Å². The standard InChI is InChI=1S/C19H27BrN6O/c1-18(2)8-13(9-19(3,4)25-18)26(5)15-11-22-17(24-23-15)16-14(27-6)7-12(20)10-21-16/h7,10-11,13,25H,8-9H2,1-6H3. The fourth-order valence-corrected chi connectivity index (χ4v) is 4.32. The average molecular weight is 435 g/mol. The molecule has 0 aliphatic carbocycles. The molecule has 0 saturated carbocycles. The minimum absolute atomic E-state index is 0.0657. The van der Waals surface area contributed by atoms with Crippen molar-refractivity contribution in [3.8, 4) is 17.3 Å². The maximum Gasteiger partial charge on any atom is 0.204 e. The number of halogens is 1. The highest BCUT2D eigenvalue weighted by Gasteiger charge is 2.39. The van der Waals surface area contributed by atoms with Gasteiger partial charge in [0, 0.05) is 34.8 Å². The van der Waals surface area contributed by atoms with Crippen LogP contribution in [0.2, 0.25) is 0 Å². The Kier molecular flexibility index (Phi) is 5.40. The number of ether oxygens (including phenoxy) is 1. The maximum atomic E-state index is 5.38. The van der Waals surface area contributed by atoms with Gasteiger partial charge in [-0.2, -0.15) is 0 Å². The number of methoxy groups -OCH3 is 1. The Morgan fingerprint density at radius 2 is 1.78 bits per heavy atom. The molecule has 0 bridgehead atoms. The maximum absolute atomic E-state index is 5.38. The van der Waals surface area contributed by atoms with Crippen molar-refractivity contribution in [1.29, 1.82) is 0 Å². The number of aromatic nitrogens is 4. The summed E-state index contributed by atoms with van der Waals surface area (Å²) in [7, 11) is 3.66. The summed E-state index contributed by atoms with van der Waals surface area (Å²) >= 11 is 3.39. The van der Waals surface area contributed by atoms with Gasteiger partial charge in [-0.3, -0.25) is 0 Å². The molecule has 0 spiro atoms. The fraction of sp³-hybridized carbons (Fsp3) is 0.579. The summed E-state index contributed by atoms with van der Waals surface area (Å²) < 4.78 is 6.22. The van der Waals surface area contributed by atoms with E-state index in [1.54, 1.807) is 19.5 Å². The van der Waals surface area contributed by atoms with Gasteiger partial charge in [0.1, 0.15) is 5.75 Å². The summed E-state index contributed by atoms with van der Waals surface area (Å²) in [6.07, 6.45) is 5.50. The SMILES string of the molecule is COc1cc(Br)cnc1-c1ncc(N(C)C2CC(C)(C)NC(C)(C)C2)nn1. The van der Waals surface area contributed by atoms with E-state index < -0.39 is 0 Å². The average Bonchev–Trinajstić information content (AvgIpc) is 2.58. The van der Waals surface area contributed by atoms with Crippen LogP contribution in [0.15, 0.2) is 22.9 Å². The largest absolute Gasteiger partial charge is 0.494 e. The monoisotopic (exact) mass is 434 g/mol. The smallest absolute Gasteiger partial charge is 0.204 e. The molecule has 8 heteroatoms. The summed E-state index contributed by atoms with van der Waals surface area (Å²) in [5, 5.41) is 12.4. The quantitative estimate of drug-likeness (QED) is 0.789. The Morgan fingerprint density at radius 1 is 1.11 bits per heavy atom. The molecule has 2 aromatic rings. The van der Waals surface area contributed by atoms with Crippen LogP contribution in [0.4, 0.5) is 5.82 Å². The lowest BCUT2D eigenvalue weighted by Gasteiger charge is -2.49. The van der Waals surface area contributed by atoms with Gasteiger partial charge in [-0.05, 0) is 62.5 Å². The second-order valence-corrected chi connectivity index (χ2v) is 9.33. The molecule has 3 rings (SSSR count). The number of pyridine rings is 1. The molecule has 146 valence electrons. The topological polar surface area (TPSA) is 76.1 Å². The molecule has 0 aromatic carbocycles. The third-order valence-electron chi connectivity index (χ3n) is 4.88. The lowest BCUT2D eigenvalue weighted by atomic mass is 9.79. The van der Waals surface area contributed by atoms with Gasteiger partial charge in [-0.15, -0.1) is 10.2 Å². The molecule has 27 heavy (non-hydrogen) atoms. The Balaban J connectivity index is 1.83. The number of anilines is 1. The molecule has 0 amide bonds. The summed E-state index contributed by atoms with van der Waals surface area (Å²) in [5.41, 5.74) is 0.707. The first-order chi connectivity index (χ1) is 12.6. The second-order valence-electron chi connectivity index (χ2n) is 8.41. The van der Waals surface area contributed by atoms with E-state index in [9.17, 15) is 0 Å². The van der Waals surface area contributed by atoms with Crippen LogP contribution in [0.1, 0.15) is 40.5 Å². The zero-order chi connectivity index (χ0) is 19.8. The predicted octanol–water partition coefficient (Wildman–Crippen LogP) is 3.45. The first-order valence-corrected chi connectivity index (χ1v) is 9.81. The van der Waals surface area contributed by atoms with Crippen molar-refractivity contribution in [2.24, 2.45) is 0 Å². The number of hydrogen-bond donors (Lipinski definition) is 1. The summed E-state index contributed by atoms with van der Waals surface area (Å²) in [5.74, 6) is 1.81. The molecule has 1 aliphatic rings. The van der Waals surface area contributed by atoms with Crippen molar-refractivity contribution in [2.45, 2.75) is 57.7 Å². The van der Waals surface area contributed by atoms with E-state index in [2.05, 4.69) is 81.1 Å². The van der Waals surface area contributed by atoms with E-state index >= 15 is 0 Å². The summed E-state index contributed by atoms with van der Waals surface area (Å²) in [6, 6.07) is 2.20. The van der Waals surface area contributed by atoms with E-state index in [-0.39, 0.29) is 11.1 Å². The number of nitrogens with zero attached hydrogens (tertiary/aromatic N) is 5. The van der Waals surface area contributed by atoms with Crippen LogP contribution in [-0.2, 0) is 0 Å². The van der Waals surface area contributed by atoms with E-state index in [0.29, 0.717) is 23.3 Å². The number of piperidine rings is 1. The summed E-state index contributed by atoms with van der Waals surface area (Å²) in [6.45, 7) is 8.97. The molecule has 0 radical (unpaired) electrons. The Morgan fingerprint density at radius 3 is 2.33 bits per heavy atom. The van der Waals surface area contributed by atoms with Crippen LogP contribution >= 0.6 is 15.9 Å². The van der Waals surface area contributed by atoms with Crippen LogP contribution in [-0.4, -0.2) is 51.4 Å². The van der Waals surface area contributed by atoms with Gasteiger partial charge >= 0.3 is 0 Å². The highest BCUT2D eigenvalue weighted by atomic mass is 79.9. The molecule has 1 fully saturated rings. The lowest BCUT2D eigenvalue weighted by molar-refractivity contribution is 0.160. The Hall–Kier alpha value is -1.80.